The zero-order valence-corrected chi connectivity index (χ0v) is 8.52. The molecule has 0 spiro atoms. The van der Waals surface area contributed by atoms with Gasteiger partial charge in [0.2, 0.25) is 5.91 Å². The number of hydrogen-bond donors (Lipinski definition) is 2. The Labute approximate surface area is 88.9 Å². The summed E-state index contributed by atoms with van der Waals surface area (Å²) in [5.41, 5.74) is 13.2. The molecule has 4 nitrogen and oxygen atoms in total. The van der Waals surface area contributed by atoms with E-state index in [2.05, 4.69) is 0 Å². The third-order valence-electron chi connectivity index (χ3n) is 2.79. The molecular weight excluding hydrogens is 190 g/mol. The van der Waals surface area contributed by atoms with E-state index in [0.29, 0.717) is 19.5 Å². The highest BCUT2D eigenvalue weighted by Gasteiger charge is 2.31. The standard InChI is InChI=1S/C11H15N3O/c12-5-6-14-9-4-2-1-3-8(9)7-10(14)11(13)15/h1-4,10H,5-7,12H2,(H2,13,15)/t10-/m0/s1. The molecule has 0 aliphatic carbocycles. The Bertz CT molecular complexity index is 378. The molecule has 0 radical (unpaired) electrons. The van der Waals surface area contributed by atoms with Crippen molar-refractivity contribution in [1.82, 2.24) is 0 Å². The minimum absolute atomic E-state index is 0.231. The Morgan fingerprint density at radius 1 is 1.47 bits per heavy atom. The molecule has 1 aromatic rings. The van der Waals surface area contributed by atoms with Crippen LogP contribution in [0.15, 0.2) is 24.3 Å². The monoisotopic (exact) mass is 205 g/mol. The number of amides is 1. The van der Waals surface area contributed by atoms with Crippen molar-refractivity contribution >= 4 is 11.6 Å². The van der Waals surface area contributed by atoms with Crippen molar-refractivity contribution in [2.24, 2.45) is 11.5 Å². The maximum Gasteiger partial charge on any atom is 0.240 e. The minimum Gasteiger partial charge on any atom is -0.368 e. The van der Waals surface area contributed by atoms with Gasteiger partial charge in [-0.25, -0.2) is 0 Å². The second-order valence-corrected chi connectivity index (χ2v) is 3.73. The van der Waals surface area contributed by atoms with Crippen LogP contribution < -0.4 is 16.4 Å². The molecule has 0 saturated carbocycles. The fourth-order valence-corrected chi connectivity index (χ4v) is 2.12. The van der Waals surface area contributed by atoms with Crippen LogP contribution in [0.3, 0.4) is 0 Å². The molecule has 4 heteroatoms. The smallest absolute Gasteiger partial charge is 0.240 e. The van der Waals surface area contributed by atoms with Gasteiger partial charge in [0.05, 0.1) is 0 Å². The van der Waals surface area contributed by atoms with Crippen LogP contribution in [-0.4, -0.2) is 25.0 Å². The molecule has 1 aliphatic rings. The molecule has 4 N–H and O–H groups in total. The summed E-state index contributed by atoms with van der Waals surface area (Å²) in [6.07, 6.45) is 0.700. The van der Waals surface area contributed by atoms with Crippen LogP contribution in [-0.2, 0) is 11.2 Å². The largest absolute Gasteiger partial charge is 0.368 e. The van der Waals surface area contributed by atoms with Crippen molar-refractivity contribution in [2.75, 3.05) is 18.0 Å². The SMILES string of the molecule is NCCN1c2ccccc2C[C@H]1C(N)=O. The summed E-state index contributed by atoms with van der Waals surface area (Å²) in [6.45, 7) is 1.20. The molecule has 0 fully saturated rings. The summed E-state index contributed by atoms with van der Waals surface area (Å²) >= 11 is 0. The van der Waals surface area contributed by atoms with E-state index >= 15 is 0 Å². The van der Waals surface area contributed by atoms with E-state index in [1.807, 2.05) is 29.2 Å². The Morgan fingerprint density at radius 2 is 2.20 bits per heavy atom. The highest BCUT2D eigenvalue weighted by Crippen LogP contribution is 2.31. The molecule has 0 aromatic heterocycles. The van der Waals surface area contributed by atoms with Crippen LogP contribution in [0.2, 0.25) is 0 Å². The van der Waals surface area contributed by atoms with E-state index in [0.717, 1.165) is 5.69 Å². The third kappa shape index (κ3) is 1.68. The highest BCUT2D eigenvalue weighted by atomic mass is 16.1. The van der Waals surface area contributed by atoms with Gasteiger partial charge in [-0.1, -0.05) is 18.2 Å². The zero-order valence-electron chi connectivity index (χ0n) is 8.52. The fraction of sp³-hybridized carbons (Fsp3) is 0.364. The Hall–Kier alpha value is -1.55. The van der Waals surface area contributed by atoms with Crippen molar-refractivity contribution in [2.45, 2.75) is 12.5 Å². The molecular formula is C11H15N3O. The number of hydrogen-bond acceptors (Lipinski definition) is 3. The van der Waals surface area contributed by atoms with Gasteiger partial charge in [0.1, 0.15) is 6.04 Å². The van der Waals surface area contributed by atoms with E-state index in [9.17, 15) is 4.79 Å². The number of para-hydroxylation sites is 1. The van der Waals surface area contributed by atoms with E-state index in [4.69, 9.17) is 11.5 Å². The summed E-state index contributed by atoms with van der Waals surface area (Å²) in [5.74, 6) is -0.278. The van der Waals surface area contributed by atoms with Crippen LogP contribution in [0.4, 0.5) is 5.69 Å². The highest BCUT2D eigenvalue weighted by molar-refractivity contribution is 5.86. The molecule has 1 heterocycles. The van der Waals surface area contributed by atoms with Crippen molar-refractivity contribution in [3.63, 3.8) is 0 Å². The van der Waals surface area contributed by atoms with Gasteiger partial charge in [-0.3, -0.25) is 4.79 Å². The first kappa shape index (κ1) is 9.98. The molecule has 0 bridgehead atoms. The summed E-state index contributed by atoms with van der Waals surface area (Å²) in [4.78, 5) is 13.3. The summed E-state index contributed by atoms with van der Waals surface area (Å²) in [5, 5.41) is 0. The molecule has 1 atom stereocenters. The Balaban J connectivity index is 2.33. The number of nitrogens with two attached hydrogens (primary N) is 2. The molecule has 2 rings (SSSR count). The van der Waals surface area contributed by atoms with Crippen LogP contribution in [0.25, 0.3) is 0 Å². The molecule has 1 aliphatic heterocycles. The molecule has 1 amide bonds. The van der Waals surface area contributed by atoms with Crippen molar-refractivity contribution < 1.29 is 4.79 Å². The summed E-state index contributed by atoms with van der Waals surface area (Å²) < 4.78 is 0. The average Bonchev–Trinajstić information content (AvgIpc) is 2.58. The normalized spacial score (nSPS) is 19.0. The molecule has 80 valence electrons. The molecule has 0 unspecified atom stereocenters. The lowest BCUT2D eigenvalue weighted by molar-refractivity contribution is -0.119. The maximum absolute atomic E-state index is 11.3. The van der Waals surface area contributed by atoms with E-state index in [1.54, 1.807) is 0 Å². The summed E-state index contributed by atoms with van der Waals surface area (Å²) in [6, 6.07) is 7.75. The topological polar surface area (TPSA) is 72.3 Å². The average molecular weight is 205 g/mol. The number of rotatable bonds is 3. The molecule has 0 saturated heterocycles. The Morgan fingerprint density at radius 3 is 2.87 bits per heavy atom. The quantitative estimate of drug-likeness (QED) is 0.721. The van der Waals surface area contributed by atoms with Gasteiger partial charge in [-0.2, -0.15) is 0 Å². The first-order chi connectivity index (χ1) is 7.24. The maximum atomic E-state index is 11.3. The predicted molar refractivity (Wildman–Crippen MR) is 59.5 cm³/mol. The second-order valence-electron chi connectivity index (χ2n) is 3.73. The number of fused-ring (bicyclic) bond motifs is 1. The summed E-state index contributed by atoms with van der Waals surface area (Å²) in [7, 11) is 0. The first-order valence-electron chi connectivity index (χ1n) is 5.08. The lowest BCUT2D eigenvalue weighted by atomic mass is 10.1. The fourth-order valence-electron chi connectivity index (χ4n) is 2.12. The number of anilines is 1. The van der Waals surface area contributed by atoms with E-state index in [-0.39, 0.29) is 11.9 Å². The van der Waals surface area contributed by atoms with Gasteiger partial charge < -0.3 is 16.4 Å². The van der Waals surface area contributed by atoms with Gasteiger partial charge >= 0.3 is 0 Å². The first-order valence-corrected chi connectivity index (χ1v) is 5.08. The van der Waals surface area contributed by atoms with Gasteiger partial charge in [-0.05, 0) is 11.6 Å². The number of benzene rings is 1. The molecule has 15 heavy (non-hydrogen) atoms. The van der Waals surface area contributed by atoms with Crippen molar-refractivity contribution in [3.8, 4) is 0 Å². The number of nitrogens with zero attached hydrogens (tertiary/aromatic N) is 1. The van der Waals surface area contributed by atoms with Crippen LogP contribution in [0.1, 0.15) is 5.56 Å². The number of carbonyl (C=O) groups excluding carboxylic acids is 1. The zero-order chi connectivity index (χ0) is 10.8. The van der Waals surface area contributed by atoms with Gasteiger partial charge in [-0.15, -0.1) is 0 Å². The van der Waals surface area contributed by atoms with Gasteiger partial charge in [0, 0.05) is 25.2 Å². The van der Waals surface area contributed by atoms with Crippen molar-refractivity contribution in [3.05, 3.63) is 29.8 Å². The lowest BCUT2D eigenvalue weighted by Gasteiger charge is -2.24. The molecule has 1 aromatic carbocycles. The van der Waals surface area contributed by atoms with Gasteiger partial charge in [0.15, 0.2) is 0 Å². The minimum atomic E-state index is -0.278. The predicted octanol–water partition coefficient (Wildman–Crippen LogP) is -0.138. The van der Waals surface area contributed by atoms with Crippen LogP contribution in [0, 0.1) is 0 Å². The number of carbonyl (C=O) groups is 1. The van der Waals surface area contributed by atoms with Crippen LogP contribution >= 0.6 is 0 Å². The van der Waals surface area contributed by atoms with Gasteiger partial charge in [0.25, 0.3) is 0 Å². The Kier molecular flexibility index (Phi) is 2.60. The number of primary amides is 1. The van der Waals surface area contributed by atoms with Crippen LogP contribution in [0.5, 0.6) is 0 Å². The van der Waals surface area contributed by atoms with Crippen molar-refractivity contribution in [1.29, 1.82) is 0 Å². The third-order valence-corrected chi connectivity index (χ3v) is 2.79. The lowest BCUT2D eigenvalue weighted by Crippen LogP contribution is -2.44. The second kappa shape index (κ2) is 3.90. The van der Waals surface area contributed by atoms with E-state index in [1.165, 1.54) is 5.56 Å². The van der Waals surface area contributed by atoms with E-state index < -0.39 is 0 Å².